The van der Waals surface area contributed by atoms with Gasteiger partial charge in [-0.1, -0.05) is 15.9 Å². The minimum atomic E-state index is -0.0455. The lowest BCUT2D eigenvalue weighted by molar-refractivity contribution is -0.116. The molecule has 0 bridgehead atoms. The second-order valence-corrected chi connectivity index (χ2v) is 7.26. The number of nitrogens with zero attached hydrogens (tertiary/aromatic N) is 2. The van der Waals surface area contributed by atoms with Crippen LogP contribution in [-0.2, 0) is 11.3 Å². The number of aliphatic imine (C=N–C) groups is 1. The van der Waals surface area contributed by atoms with Crippen molar-refractivity contribution in [3.63, 3.8) is 0 Å². The predicted octanol–water partition coefficient (Wildman–Crippen LogP) is 3.53. The Morgan fingerprint density at radius 2 is 2.00 bits per heavy atom. The zero-order chi connectivity index (χ0) is 17.4. The molecule has 2 aromatic rings. The second kappa shape index (κ2) is 11.4. The zero-order valence-electron chi connectivity index (χ0n) is 14.0. The monoisotopic (exact) mass is 537 g/mol. The summed E-state index contributed by atoms with van der Waals surface area (Å²) in [6, 6.07) is 7.48. The molecule has 0 saturated carbocycles. The number of hydrogen-bond acceptors (Lipinski definition) is 4. The molecule has 9 heteroatoms. The van der Waals surface area contributed by atoms with E-state index in [-0.39, 0.29) is 29.9 Å². The lowest BCUT2D eigenvalue weighted by atomic mass is 10.3. The van der Waals surface area contributed by atoms with Gasteiger partial charge < -0.3 is 16.0 Å². The minimum Gasteiger partial charge on any atom is -0.356 e. The Hall–Kier alpha value is -1.20. The van der Waals surface area contributed by atoms with Gasteiger partial charge in [0.25, 0.3) is 0 Å². The molecule has 0 aliphatic rings. The van der Waals surface area contributed by atoms with Crippen LogP contribution in [0.4, 0.5) is 5.69 Å². The van der Waals surface area contributed by atoms with Crippen LogP contribution in [0.2, 0.25) is 0 Å². The number of aryl methyl sites for hydroxylation is 1. The highest BCUT2D eigenvalue weighted by Crippen LogP contribution is 2.14. The van der Waals surface area contributed by atoms with Gasteiger partial charge >= 0.3 is 0 Å². The van der Waals surface area contributed by atoms with Crippen LogP contribution in [0.5, 0.6) is 0 Å². The number of rotatable bonds is 6. The van der Waals surface area contributed by atoms with Crippen LogP contribution in [-0.4, -0.2) is 30.4 Å². The van der Waals surface area contributed by atoms with Crippen molar-refractivity contribution in [2.75, 3.05) is 18.9 Å². The van der Waals surface area contributed by atoms with Crippen LogP contribution in [0.15, 0.2) is 39.9 Å². The number of carbonyl (C=O) groups is 1. The summed E-state index contributed by atoms with van der Waals surface area (Å²) < 4.78 is 0.979. The average Bonchev–Trinajstić information content (AvgIpc) is 2.98. The number of amides is 1. The van der Waals surface area contributed by atoms with E-state index in [1.165, 1.54) is 4.88 Å². The molecule has 0 unspecified atom stereocenters. The molecule has 6 nitrogen and oxygen atoms in total. The maximum Gasteiger partial charge on any atom is 0.226 e. The predicted molar refractivity (Wildman–Crippen MR) is 118 cm³/mol. The molecule has 0 aliphatic heterocycles. The third-order valence-corrected chi connectivity index (χ3v) is 4.51. The number of guanidine groups is 1. The number of benzene rings is 1. The molecule has 0 aliphatic carbocycles. The van der Waals surface area contributed by atoms with Crippen molar-refractivity contribution in [1.29, 1.82) is 0 Å². The Morgan fingerprint density at radius 3 is 2.60 bits per heavy atom. The molecule has 0 atom stereocenters. The fourth-order valence-electron chi connectivity index (χ4n) is 1.91. The Kier molecular flexibility index (Phi) is 9.98. The minimum absolute atomic E-state index is 0. The zero-order valence-corrected chi connectivity index (χ0v) is 18.7. The van der Waals surface area contributed by atoms with E-state index in [0.29, 0.717) is 25.5 Å². The number of thiazole rings is 1. The number of halogens is 2. The summed E-state index contributed by atoms with van der Waals surface area (Å²) in [4.78, 5) is 21.5. The molecule has 0 saturated heterocycles. The summed E-state index contributed by atoms with van der Waals surface area (Å²) in [5.74, 6) is 0.607. The van der Waals surface area contributed by atoms with E-state index in [9.17, 15) is 4.79 Å². The fourth-order valence-corrected chi connectivity index (χ4v) is 2.91. The fraction of sp³-hybridized carbons (Fsp3) is 0.312. The van der Waals surface area contributed by atoms with Gasteiger partial charge in [0.1, 0.15) is 5.01 Å². The molecule has 1 aromatic carbocycles. The van der Waals surface area contributed by atoms with Gasteiger partial charge in [0, 0.05) is 41.2 Å². The molecular weight excluding hydrogens is 517 g/mol. The van der Waals surface area contributed by atoms with E-state index in [4.69, 9.17) is 0 Å². The molecular formula is C16H21BrIN5OS. The van der Waals surface area contributed by atoms with Crippen molar-refractivity contribution in [2.45, 2.75) is 19.9 Å². The smallest absolute Gasteiger partial charge is 0.226 e. The van der Waals surface area contributed by atoms with Crippen molar-refractivity contribution in [3.8, 4) is 0 Å². The number of nitrogens with one attached hydrogen (secondary N) is 3. The van der Waals surface area contributed by atoms with Crippen molar-refractivity contribution in [3.05, 3.63) is 44.8 Å². The van der Waals surface area contributed by atoms with Gasteiger partial charge in [-0.25, -0.2) is 4.98 Å². The van der Waals surface area contributed by atoms with E-state index in [1.54, 1.807) is 18.4 Å². The van der Waals surface area contributed by atoms with Gasteiger partial charge in [-0.05, 0) is 31.2 Å². The van der Waals surface area contributed by atoms with E-state index in [0.717, 1.165) is 15.2 Å². The first-order valence-electron chi connectivity index (χ1n) is 7.48. The molecule has 3 N–H and O–H groups in total. The first-order chi connectivity index (χ1) is 11.6. The quantitative estimate of drug-likeness (QED) is 0.299. The van der Waals surface area contributed by atoms with Gasteiger partial charge in [-0.2, -0.15) is 0 Å². The van der Waals surface area contributed by atoms with Crippen molar-refractivity contribution in [1.82, 2.24) is 15.6 Å². The maximum atomic E-state index is 11.9. The van der Waals surface area contributed by atoms with E-state index in [1.807, 2.05) is 37.4 Å². The molecule has 0 fully saturated rings. The van der Waals surface area contributed by atoms with Crippen molar-refractivity contribution in [2.24, 2.45) is 4.99 Å². The number of carbonyl (C=O) groups excluding carboxylic acids is 1. The van der Waals surface area contributed by atoms with Gasteiger partial charge in [-0.3, -0.25) is 9.79 Å². The number of anilines is 1. The largest absolute Gasteiger partial charge is 0.356 e. The summed E-state index contributed by atoms with van der Waals surface area (Å²) in [5.41, 5.74) is 0.782. The normalized spacial score (nSPS) is 10.8. The van der Waals surface area contributed by atoms with Gasteiger partial charge in [0.05, 0.1) is 6.54 Å². The third-order valence-electron chi connectivity index (χ3n) is 3.07. The summed E-state index contributed by atoms with van der Waals surface area (Å²) in [7, 11) is 1.70. The summed E-state index contributed by atoms with van der Waals surface area (Å²) in [5, 5.41) is 10.2. The Morgan fingerprint density at radius 1 is 1.28 bits per heavy atom. The molecule has 1 aromatic heterocycles. The van der Waals surface area contributed by atoms with Gasteiger partial charge in [0.15, 0.2) is 5.96 Å². The van der Waals surface area contributed by atoms with E-state index < -0.39 is 0 Å². The molecule has 25 heavy (non-hydrogen) atoms. The van der Waals surface area contributed by atoms with Crippen LogP contribution in [0.25, 0.3) is 0 Å². The molecule has 0 radical (unpaired) electrons. The second-order valence-electron chi connectivity index (χ2n) is 5.02. The molecule has 1 amide bonds. The molecule has 2 rings (SSSR count). The van der Waals surface area contributed by atoms with Crippen LogP contribution >= 0.6 is 51.2 Å². The highest BCUT2D eigenvalue weighted by Gasteiger charge is 2.05. The van der Waals surface area contributed by atoms with Crippen LogP contribution in [0, 0.1) is 6.92 Å². The third kappa shape index (κ3) is 8.15. The van der Waals surface area contributed by atoms with Crippen LogP contribution in [0.3, 0.4) is 0 Å². The van der Waals surface area contributed by atoms with Crippen LogP contribution in [0.1, 0.15) is 16.3 Å². The van der Waals surface area contributed by atoms with Crippen molar-refractivity contribution >= 4 is 68.8 Å². The summed E-state index contributed by atoms with van der Waals surface area (Å²) in [6.45, 7) is 3.14. The molecule has 136 valence electrons. The Bertz CT molecular complexity index is 705. The van der Waals surface area contributed by atoms with Gasteiger partial charge in [0.2, 0.25) is 5.91 Å². The Labute approximate surface area is 177 Å². The first kappa shape index (κ1) is 21.8. The van der Waals surface area contributed by atoms with E-state index >= 15 is 0 Å². The van der Waals surface area contributed by atoms with E-state index in [2.05, 4.69) is 41.9 Å². The SMILES string of the molecule is CN=C(NCCC(=O)Nc1ccc(Br)cc1)NCc1ncc(C)s1.I. The topological polar surface area (TPSA) is 78.4 Å². The average molecular weight is 538 g/mol. The maximum absolute atomic E-state index is 11.9. The molecule has 0 spiro atoms. The van der Waals surface area contributed by atoms with Crippen molar-refractivity contribution < 1.29 is 4.79 Å². The van der Waals surface area contributed by atoms with Gasteiger partial charge in [-0.15, -0.1) is 35.3 Å². The highest BCUT2D eigenvalue weighted by molar-refractivity contribution is 14.0. The Balaban J connectivity index is 0.00000312. The lowest BCUT2D eigenvalue weighted by Gasteiger charge is -2.11. The summed E-state index contributed by atoms with van der Waals surface area (Å²) >= 11 is 5.01. The number of aromatic nitrogens is 1. The first-order valence-corrected chi connectivity index (χ1v) is 9.09. The van der Waals surface area contributed by atoms with Crippen LogP contribution < -0.4 is 16.0 Å². The number of hydrogen-bond donors (Lipinski definition) is 3. The summed E-state index contributed by atoms with van der Waals surface area (Å²) in [6.07, 6.45) is 2.21. The standard InChI is InChI=1S/C16H20BrN5OS.HI/c1-11-9-20-15(24-11)10-21-16(18-2)19-8-7-14(23)22-13-5-3-12(17)4-6-13;/h3-6,9H,7-8,10H2,1-2H3,(H,22,23)(H2,18,19,21);1H. The molecule has 1 heterocycles. The lowest BCUT2D eigenvalue weighted by Crippen LogP contribution is -2.38. The highest BCUT2D eigenvalue weighted by atomic mass is 127.